The molecule has 5 heteroatoms. The Labute approximate surface area is 147 Å². The molecule has 0 unspecified atom stereocenters. The highest BCUT2D eigenvalue weighted by molar-refractivity contribution is 6.02. The Balaban J connectivity index is 1.61. The number of esters is 1. The van der Waals surface area contributed by atoms with E-state index in [1.165, 1.54) is 0 Å². The lowest BCUT2D eigenvalue weighted by Gasteiger charge is -2.23. The molecule has 25 heavy (non-hydrogen) atoms. The van der Waals surface area contributed by atoms with Gasteiger partial charge >= 0.3 is 5.97 Å². The van der Waals surface area contributed by atoms with E-state index in [4.69, 9.17) is 9.47 Å². The highest BCUT2D eigenvalue weighted by atomic mass is 16.6. The monoisotopic (exact) mass is 341 g/mol. The van der Waals surface area contributed by atoms with Gasteiger partial charge in [0.1, 0.15) is 11.5 Å². The third-order valence-electron chi connectivity index (χ3n) is 5.28. The fourth-order valence-corrected chi connectivity index (χ4v) is 4.06. The van der Waals surface area contributed by atoms with Crippen LogP contribution in [0.1, 0.15) is 19.4 Å². The Morgan fingerprint density at radius 3 is 2.76 bits per heavy atom. The molecule has 4 atom stereocenters. The zero-order chi connectivity index (χ0) is 17.8. The van der Waals surface area contributed by atoms with Gasteiger partial charge in [0.15, 0.2) is 0 Å². The van der Waals surface area contributed by atoms with Crippen molar-refractivity contribution in [2.24, 2.45) is 17.8 Å². The number of amides is 1. The minimum absolute atomic E-state index is 0.0535. The summed E-state index contributed by atoms with van der Waals surface area (Å²) in [4.78, 5) is 27.5. The van der Waals surface area contributed by atoms with E-state index >= 15 is 0 Å². The fourth-order valence-electron chi connectivity index (χ4n) is 4.06. The maximum absolute atomic E-state index is 13.1. The Kier molecular flexibility index (Phi) is 3.72. The zero-order valence-corrected chi connectivity index (χ0v) is 14.8. The summed E-state index contributed by atoms with van der Waals surface area (Å²) in [6, 6.07) is 7.84. The summed E-state index contributed by atoms with van der Waals surface area (Å²) < 4.78 is 11.5. The number of benzene rings is 1. The van der Waals surface area contributed by atoms with E-state index in [2.05, 4.69) is 0 Å². The van der Waals surface area contributed by atoms with E-state index in [9.17, 15) is 9.59 Å². The summed E-state index contributed by atoms with van der Waals surface area (Å²) in [7, 11) is 0. The molecular weight excluding hydrogens is 318 g/mol. The van der Waals surface area contributed by atoms with Crippen molar-refractivity contribution in [3.05, 3.63) is 42.0 Å². The number of hydrogen-bond donors (Lipinski definition) is 0. The van der Waals surface area contributed by atoms with Gasteiger partial charge in [-0.05, 0) is 25.0 Å². The molecule has 0 N–H and O–H groups in total. The number of rotatable bonds is 4. The molecule has 3 heterocycles. The zero-order valence-electron chi connectivity index (χ0n) is 14.8. The number of aryl methyl sites for hydroxylation is 1. The van der Waals surface area contributed by atoms with Crippen molar-refractivity contribution in [1.29, 1.82) is 0 Å². The Morgan fingerprint density at radius 1 is 1.36 bits per heavy atom. The van der Waals surface area contributed by atoms with Gasteiger partial charge in [-0.25, -0.2) is 0 Å². The topological polar surface area (TPSA) is 55.8 Å². The minimum Gasteiger partial charge on any atom is -0.465 e. The number of hydrogen-bond acceptors (Lipinski definition) is 4. The second kappa shape index (κ2) is 5.70. The Bertz CT molecular complexity index is 739. The van der Waals surface area contributed by atoms with Crippen molar-refractivity contribution < 1.29 is 19.1 Å². The first-order valence-electron chi connectivity index (χ1n) is 8.83. The Hall–Kier alpha value is -2.14. The second-order valence-electron chi connectivity index (χ2n) is 7.68. The van der Waals surface area contributed by atoms with Crippen molar-refractivity contribution in [2.75, 3.05) is 18.1 Å². The molecule has 132 valence electrons. The molecule has 1 spiro atoms. The van der Waals surface area contributed by atoms with Crippen LogP contribution in [0.4, 0.5) is 5.69 Å². The molecule has 3 aliphatic heterocycles. The molecule has 1 amide bonds. The van der Waals surface area contributed by atoms with Gasteiger partial charge in [-0.1, -0.05) is 43.7 Å². The lowest BCUT2D eigenvalue weighted by molar-refractivity contribution is -0.153. The highest BCUT2D eigenvalue weighted by Crippen LogP contribution is 2.52. The maximum atomic E-state index is 13.1. The summed E-state index contributed by atoms with van der Waals surface area (Å²) in [6.07, 6.45) is 3.51. The number of fused-ring (bicyclic) bond motifs is 1. The standard InChI is InChI=1S/C20H23NO4/c1-12(2)10-24-19(23)16-15-8-9-20(25-15)11-21(18(22)17(16)20)14-6-4-13(3)5-7-14/h4-9,12,15-17H,10-11H2,1-3H3/t15-,16+,17+,20-/m0/s1. The van der Waals surface area contributed by atoms with Crippen LogP contribution < -0.4 is 4.90 Å². The molecule has 0 aliphatic carbocycles. The number of ether oxygens (including phenoxy) is 2. The van der Waals surface area contributed by atoms with Crippen LogP contribution in [0.15, 0.2) is 36.4 Å². The summed E-state index contributed by atoms with van der Waals surface area (Å²) in [5.41, 5.74) is 1.28. The molecule has 0 radical (unpaired) electrons. The molecular formula is C20H23NO4. The molecule has 2 bridgehead atoms. The molecule has 2 saturated heterocycles. The summed E-state index contributed by atoms with van der Waals surface area (Å²) in [5, 5.41) is 0. The van der Waals surface area contributed by atoms with Crippen LogP contribution in [0.3, 0.4) is 0 Å². The summed E-state index contributed by atoms with van der Waals surface area (Å²) in [6.45, 7) is 6.80. The molecule has 1 aromatic rings. The van der Waals surface area contributed by atoms with Gasteiger partial charge in [-0.15, -0.1) is 0 Å². The molecule has 1 aromatic carbocycles. The third kappa shape index (κ3) is 2.49. The lowest BCUT2D eigenvalue weighted by Crippen LogP contribution is -2.40. The van der Waals surface area contributed by atoms with E-state index < -0.39 is 17.4 Å². The molecule has 4 rings (SSSR count). The first-order chi connectivity index (χ1) is 11.9. The summed E-state index contributed by atoms with van der Waals surface area (Å²) >= 11 is 0. The molecule has 3 aliphatic rings. The predicted molar refractivity (Wildman–Crippen MR) is 93.1 cm³/mol. The Morgan fingerprint density at radius 2 is 2.08 bits per heavy atom. The highest BCUT2D eigenvalue weighted by Gasteiger charge is 2.67. The first-order valence-corrected chi connectivity index (χ1v) is 8.83. The number of carbonyl (C=O) groups is 2. The van der Waals surface area contributed by atoms with Gasteiger partial charge in [0.2, 0.25) is 5.91 Å². The van der Waals surface area contributed by atoms with Crippen molar-refractivity contribution in [3.8, 4) is 0 Å². The van der Waals surface area contributed by atoms with Crippen molar-refractivity contribution in [1.82, 2.24) is 0 Å². The van der Waals surface area contributed by atoms with E-state index in [1.54, 1.807) is 4.90 Å². The van der Waals surface area contributed by atoms with E-state index in [-0.39, 0.29) is 23.9 Å². The van der Waals surface area contributed by atoms with Gasteiger partial charge in [-0.2, -0.15) is 0 Å². The van der Waals surface area contributed by atoms with Gasteiger partial charge in [0.05, 0.1) is 25.2 Å². The van der Waals surface area contributed by atoms with Gasteiger partial charge < -0.3 is 14.4 Å². The summed E-state index contributed by atoms with van der Waals surface area (Å²) in [5.74, 6) is -1.16. The van der Waals surface area contributed by atoms with E-state index in [0.29, 0.717) is 13.2 Å². The maximum Gasteiger partial charge on any atom is 0.312 e. The third-order valence-corrected chi connectivity index (χ3v) is 5.28. The number of nitrogens with zero attached hydrogens (tertiary/aromatic N) is 1. The quantitative estimate of drug-likeness (QED) is 0.624. The average molecular weight is 341 g/mol. The largest absolute Gasteiger partial charge is 0.465 e. The van der Waals surface area contributed by atoms with Gasteiger partial charge in [-0.3, -0.25) is 9.59 Å². The van der Waals surface area contributed by atoms with Crippen LogP contribution in [-0.4, -0.2) is 36.7 Å². The van der Waals surface area contributed by atoms with Gasteiger partial charge in [0.25, 0.3) is 0 Å². The number of anilines is 1. The number of carbonyl (C=O) groups excluding carboxylic acids is 2. The normalized spacial score (nSPS) is 32.6. The van der Waals surface area contributed by atoms with Crippen LogP contribution in [0.5, 0.6) is 0 Å². The van der Waals surface area contributed by atoms with Crippen LogP contribution in [0, 0.1) is 24.7 Å². The average Bonchev–Trinajstić information content (AvgIpc) is 3.22. The molecule has 2 fully saturated rings. The lowest BCUT2D eigenvalue weighted by atomic mass is 9.77. The molecule has 0 saturated carbocycles. The minimum atomic E-state index is -0.700. The van der Waals surface area contributed by atoms with Crippen molar-refractivity contribution >= 4 is 17.6 Å². The van der Waals surface area contributed by atoms with Crippen LogP contribution in [0.25, 0.3) is 0 Å². The predicted octanol–water partition coefficient (Wildman–Crippen LogP) is 2.48. The van der Waals surface area contributed by atoms with Crippen molar-refractivity contribution in [3.63, 3.8) is 0 Å². The fraction of sp³-hybridized carbons (Fsp3) is 0.500. The first kappa shape index (κ1) is 16.3. The SMILES string of the molecule is Cc1ccc(N2C[C@]34C=C[C@H](O3)[C@@H](C(=O)OCC(C)C)[C@@H]4C2=O)cc1. The van der Waals surface area contributed by atoms with Crippen molar-refractivity contribution in [2.45, 2.75) is 32.5 Å². The van der Waals surface area contributed by atoms with E-state index in [1.807, 2.05) is 57.2 Å². The van der Waals surface area contributed by atoms with Crippen LogP contribution in [0.2, 0.25) is 0 Å². The van der Waals surface area contributed by atoms with Crippen LogP contribution >= 0.6 is 0 Å². The second-order valence-corrected chi connectivity index (χ2v) is 7.68. The smallest absolute Gasteiger partial charge is 0.312 e. The van der Waals surface area contributed by atoms with Crippen LogP contribution in [-0.2, 0) is 19.1 Å². The molecule has 0 aromatic heterocycles. The van der Waals surface area contributed by atoms with Gasteiger partial charge in [0, 0.05) is 5.69 Å². The van der Waals surface area contributed by atoms with E-state index in [0.717, 1.165) is 11.3 Å². The molecule has 5 nitrogen and oxygen atoms in total.